The van der Waals surface area contributed by atoms with Crippen LogP contribution in [-0.2, 0) is 6.42 Å². The smallest absolute Gasteiger partial charge is 0.0270 e. The first kappa shape index (κ1) is 10.2. The molecule has 0 saturated carbocycles. The van der Waals surface area contributed by atoms with Crippen LogP contribution in [0.1, 0.15) is 33.3 Å². The van der Waals surface area contributed by atoms with E-state index in [1.54, 1.807) is 0 Å². The molecule has 0 bridgehead atoms. The molecule has 0 radical (unpaired) electrons. The number of rotatable bonds is 2. The number of aromatic nitrogens is 1. The lowest BCUT2D eigenvalue weighted by Crippen LogP contribution is -2.19. The molecule has 0 saturated heterocycles. The van der Waals surface area contributed by atoms with E-state index in [-0.39, 0.29) is 0 Å². The van der Waals surface area contributed by atoms with E-state index in [1.807, 2.05) is 12.4 Å². The van der Waals surface area contributed by atoms with Crippen LogP contribution in [0.2, 0.25) is 0 Å². The van der Waals surface area contributed by atoms with E-state index in [0.717, 1.165) is 6.42 Å². The molecule has 0 aliphatic heterocycles. The number of nitrogens with zero attached hydrogens (tertiary/aromatic N) is 1. The molecule has 1 aromatic rings. The Morgan fingerprint density at radius 2 is 1.77 bits per heavy atom. The van der Waals surface area contributed by atoms with Crippen LogP contribution in [0.25, 0.3) is 0 Å². The van der Waals surface area contributed by atoms with Crippen molar-refractivity contribution in [3.05, 3.63) is 30.1 Å². The Bertz CT molecular complexity index is 246. The summed E-state index contributed by atoms with van der Waals surface area (Å²) in [7, 11) is 0. The largest absolute Gasteiger partial charge is 0.265 e. The van der Waals surface area contributed by atoms with Crippen molar-refractivity contribution in [2.45, 2.75) is 34.1 Å². The van der Waals surface area contributed by atoms with Gasteiger partial charge in [-0.15, -0.1) is 0 Å². The van der Waals surface area contributed by atoms with E-state index in [0.29, 0.717) is 11.3 Å². The standard InChI is InChI=1S/C12H19N/c1-10(12(2,3)4)9-11-5-7-13-8-6-11/h5-8,10H,9H2,1-4H3. The van der Waals surface area contributed by atoms with Crippen LogP contribution in [0.5, 0.6) is 0 Å². The highest BCUT2D eigenvalue weighted by molar-refractivity contribution is 5.10. The molecule has 0 amide bonds. The van der Waals surface area contributed by atoms with Gasteiger partial charge in [-0.05, 0) is 35.4 Å². The Kier molecular flexibility index (Phi) is 3.07. The molecule has 0 spiro atoms. The van der Waals surface area contributed by atoms with E-state index in [4.69, 9.17) is 0 Å². The first-order chi connectivity index (χ1) is 6.00. The minimum Gasteiger partial charge on any atom is -0.265 e. The molecule has 13 heavy (non-hydrogen) atoms. The first-order valence-corrected chi connectivity index (χ1v) is 4.89. The van der Waals surface area contributed by atoms with Crippen molar-refractivity contribution < 1.29 is 0 Å². The maximum Gasteiger partial charge on any atom is 0.0270 e. The predicted molar refractivity (Wildman–Crippen MR) is 56.6 cm³/mol. The summed E-state index contributed by atoms with van der Waals surface area (Å²) in [5.41, 5.74) is 1.78. The fourth-order valence-electron chi connectivity index (χ4n) is 1.18. The molecule has 0 N–H and O–H groups in total. The molecule has 1 heteroatoms. The third-order valence-corrected chi connectivity index (χ3v) is 2.77. The number of hydrogen-bond acceptors (Lipinski definition) is 1. The van der Waals surface area contributed by atoms with Crippen molar-refractivity contribution in [1.82, 2.24) is 4.98 Å². The Morgan fingerprint density at radius 3 is 2.23 bits per heavy atom. The monoisotopic (exact) mass is 177 g/mol. The maximum absolute atomic E-state index is 4.01. The second-order valence-corrected chi connectivity index (χ2v) is 4.83. The van der Waals surface area contributed by atoms with Gasteiger partial charge < -0.3 is 0 Å². The average molecular weight is 177 g/mol. The van der Waals surface area contributed by atoms with Crippen molar-refractivity contribution in [2.24, 2.45) is 11.3 Å². The molecule has 0 aliphatic carbocycles. The summed E-state index contributed by atoms with van der Waals surface area (Å²) in [6.45, 7) is 9.18. The fourth-order valence-corrected chi connectivity index (χ4v) is 1.18. The second-order valence-electron chi connectivity index (χ2n) is 4.83. The highest BCUT2D eigenvalue weighted by atomic mass is 14.6. The molecule has 0 aromatic carbocycles. The lowest BCUT2D eigenvalue weighted by Gasteiger charge is -2.27. The predicted octanol–water partition coefficient (Wildman–Crippen LogP) is 3.31. The minimum absolute atomic E-state index is 0.392. The molecule has 1 nitrogen and oxygen atoms in total. The Morgan fingerprint density at radius 1 is 1.23 bits per heavy atom. The van der Waals surface area contributed by atoms with Crippen molar-refractivity contribution >= 4 is 0 Å². The molecule has 0 aliphatic rings. The van der Waals surface area contributed by atoms with Gasteiger partial charge in [0.2, 0.25) is 0 Å². The van der Waals surface area contributed by atoms with Crippen molar-refractivity contribution in [1.29, 1.82) is 0 Å². The zero-order valence-electron chi connectivity index (χ0n) is 9.04. The van der Waals surface area contributed by atoms with Gasteiger partial charge in [0, 0.05) is 12.4 Å². The summed E-state index contributed by atoms with van der Waals surface area (Å²) in [5.74, 6) is 0.704. The quantitative estimate of drug-likeness (QED) is 0.675. The molecule has 1 aromatic heterocycles. The first-order valence-electron chi connectivity index (χ1n) is 4.89. The average Bonchev–Trinajstić information content (AvgIpc) is 2.04. The van der Waals surface area contributed by atoms with Crippen molar-refractivity contribution in [3.8, 4) is 0 Å². The summed E-state index contributed by atoms with van der Waals surface area (Å²) < 4.78 is 0. The van der Waals surface area contributed by atoms with Gasteiger partial charge in [-0.3, -0.25) is 4.98 Å². The van der Waals surface area contributed by atoms with Gasteiger partial charge in [-0.25, -0.2) is 0 Å². The third-order valence-electron chi connectivity index (χ3n) is 2.77. The van der Waals surface area contributed by atoms with Crippen LogP contribution in [0.15, 0.2) is 24.5 Å². The van der Waals surface area contributed by atoms with Crippen LogP contribution in [0.3, 0.4) is 0 Å². The molecule has 1 unspecified atom stereocenters. The van der Waals surface area contributed by atoms with Crippen LogP contribution in [-0.4, -0.2) is 4.98 Å². The third kappa shape index (κ3) is 3.17. The summed E-state index contributed by atoms with van der Waals surface area (Å²) >= 11 is 0. The lowest BCUT2D eigenvalue weighted by atomic mass is 9.79. The van der Waals surface area contributed by atoms with Crippen molar-refractivity contribution in [3.63, 3.8) is 0 Å². The van der Waals surface area contributed by atoms with Crippen LogP contribution in [0, 0.1) is 11.3 Å². The molecule has 0 fully saturated rings. The van der Waals surface area contributed by atoms with E-state index < -0.39 is 0 Å². The van der Waals surface area contributed by atoms with Gasteiger partial charge in [0.25, 0.3) is 0 Å². The Hall–Kier alpha value is -0.850. The van der Waals surface area contributed by atoms with E-state index in [9.17, 15) is 0 Å². The van der Waals surface area contributed by atoms with Gasteiger partial charge in [0.05, 0.1) is 0 Å². The zero-order valence-corrected chi connectivity index (χ0v) is 9.04. The van der Waals surface area contributed by atoms with Gasteiger partial charge in [0.15, 0.2) is 0 Å². The summed E-state index contributed by atoms with van der Waals surface area (Å²) in [6, 6.07) is 4.20. The molecular formula is C12H19N. The highest BCUT2D eigenvalue weighted by Crippen LogP contribution is 2.28. The second kappa shape index (κ2) is 3.91. The molecule has 72 valence electrons. The topological polar surface area (TPSA) is 12.9 Å². The normalized spacial score (nSPS) is 14.2. The summed E-state index contributed by atoms with van der Waals surface area (Å²) in [6.07, 6.45) is 4.88. The fraction of sp³-hybridized carbons (Fsp3) is 0.583. The van der Waals surface area contributed by atoms with Gasteiger partial charge in [-0.1, -0.05) is 27.7 Å². The van der Waals surface area contributed by atoms with E-state index >= 15 is 0 Å². The zero-order chi connectivity index (χ0) is 9.90. The Labute approximate surface area is 81.2 Å². The molecule has 1 rings (SSSR count). The number of pyridine rings is 1. The molecule has 1 heterocycles. The minimum atomic E-state index is 0.392. The van der Waals surface area contributed by atoms with Crippen LogP contribution < -0.4 is 0 Å². The van der Waals surface area contributed by atoms with E-state index in [2.05, 4.69) is 44.8 Å². The molecule has 1 atom stereocenters. The van der Waals surface area contributed by atoms with E-state index in [1.165, 1.54) is 5.56 Å². The van der Waals surface area contributed by atoms with Crippen LogP contribution >= 0.6 is 0 Å². The maximum atomic E-state index is 4.01. The van der Waals surface area contributed by atoms with Gasteiger partial charge in [-0.2, -0.15) is 0 Å². The SMILES string of the molecule is CC(Cc1ccncc1)C(C)(C)C. The molecular weight excluding hydrogens is 158 g/mol. The number of hydrogen-bond donors (Lipinski definition) is 0. The van der Waals surface area contributed by atoms with Crippen LogP contribution in [0.4, 0.5) is 0 Å². The summed E-state index contributed by atoms with van der Waals surface area (Å²) in [4.78, 5) is 4.01. The van der Waals surface area contributed by atoms with Crippen molar-refractivity contribution in [2.75, 3.05) is 0 Å². The van der Waals surface area contributed by atoms with Gasteiger partial charge in [0.1, 0.15) is 0 Å². The highest BCUT2D eigenvalue weighted by Gasteiger charge is 2.19. The Balaban J connectivity index is 2.61. The van der Waals surface area contributed by atoms with Gasteiger partial charge >= 0.3 is 0 Å². The lowest BCUT2D eigenvalue weighted by molar-refractivity contribution is 0.260. The summed E-state index contributed by atoms with van der Waals surface area (Å²) in [5, 5.41) is 0.